The molecule has 0 radical (unpaired) electrons. The molecule has 0 saturated carbocycles. The van der Waals surface area contributed by atoms with Gasteiger partial charge in [-0.1, -0.05) is 11.8 Å². The van der Waals surface area contributed by atoms with Crippen LogP contribution >= 0.6 is 11.8 Å². The van der Waals surface area contributed by atoms with E-state index in [9.17, 15) is 4.79 Å². The number of rotatable bonds is 4. The molecule has 0 aliphatic rings. The van der Waals surface area contributed by atoms with Crippen molar-refractivity contribution in [3.63, 3.8) is 0 Å². The zero-order chi connectivity index (χ0) is 15.7. The van der Waals surface area contributed by atoms with Gasteiger partial charge in [0.2, 0.25) is 10.9 Å². The van der Waals surface area contributed by atoms with E-state index in [1.165, 1.54) is 18.9 Å². The van der Waals surface area contributed by atoms with Crippen LogP contribution in [0.5, 0.6) is 0 Å². The highest BCUT2D eigenvalue weighted by Crippen LogP contribution is 2.22. The molecule has 0 atom stereocenters. The highest BCUT2D eigenvalue weighted by atomic mass is 32.2. The SMILES string of the molecule is COC(=O)c1ccc(CSc2nc3nc(C)cc(C)n3n2)o1. The monoisotopic (exact) mass is 318 g/mol. The van der Waals surface area contributed by atoms with Crippen LogP contribution in [0.2, 0.25) is 0 Å². The number of methoxy groups -OCH3 is 1. The fourth-order valence-electron chi connectivity index (χ4n) is 2.01. The molecule has 0 N–H and O–H groups in total. The van der Waals surface area contributed by atoms with Gasteiger partial charge in [-0.15, -0.1) is 5.10 Å². The molecule has 0 unspecified atom stereocenters. The molecule has 3 heterocycles. The van der Waals surface area contributed by atoms with Crippen molar-refractivity contribution in [1.82, 2.24) is 19.6 Å². The Kier molecular flexibility index (Phi) is 3.84. The van der Waals surface area contributed by atoms with Crippen LogP contribution in [0, 0.1) is 13.8 Å². The lowest BCUT2D eigenvalue weighted by Gasteiger charge is -1.97. The normalized spacial score (nSPS) is 11.0. The number of thioether (sulfide) groups is 1. The number of aromatic nitrogens is 4. The lowest BCUT2D eigenvalue weighted by atomic mass is 10.4. The minimum atomic E-state index is -0.489. The fourth-order valence-corrected chi connectivity index (χ4v) is 2.72. The van der Waals surface area contributed by atoms with Crippen LogP contribution in [0.3, 0.4) is 0 Å². The maximum absolute atomic E-state index is 11.3. The Balaban J connectivity index is 1.75. The molecule has 7 nitrogen and oxygen atoms in total. The van der Waals surface area contributed by atoms with Crippen molar-refractivity contribution in [3.05, 3.63) is 41.1 Å². The average Bonchev–Trinajstić information content (AvgIpc) is 3.10. The van der Waals surface area contributed by atoms with Gasteiger partial charge in [0.15, 0.2) is 0 Å². The van der Waals surface area contributed by atoms with E-state index in [1.807, 2.05) is 19.9 Å². The molecular weight excluding hydrogens is 304 g/mol. The largest absolute Gasteiger partial charge is 0.463 e. The first-order valence-electron chi connectivity index (χ1n) is 6.57. The van der Waals surface area contributed by atoms with E-state index in [2.05, 4.69) is 19.8 Å². The number of esters is 1. The third kappa shape index (κ3) is 2.82. The smallest absolute Gasteiger partial charge is 0.373 e. The Bertz CT molecular complexity index is 840. The van der Waals surface area contributed by atoms with E-state index in [0.29, 0.717) is 22.4 Å². The number of fused-ring (bicyclic) bond motifs is 1. The van der Waals surface area contributed by atoms with Crippen molar-refractivity contribution >= 4 is 23.5 Å². The number of hydrogen-bond acceptors (Lipinski definition) is 7. The molecular formula is C14H14N4O3S. The number of hydrogen-bond donors (Lipinski definition) is 0. The molecule has 0 aromatic carbocycles. The summed E-state index contributed by atoms with van der Waals surface area (Å²) in [6, 6.07) is 5.28. The molecule has 22 heavy (non-hydrogen) atoms. The van der Waals surface area contributed by atoms with Crippen molar-refractivity contribution in [1.29, 1.82) is 0 Å². The first-order chi connectivity index (χ1) is 10.6. The molecule has 0 fully saturated rings. The summed E-state index contributed by atoms with van der Waals surface area (Å²) in [4.78, 5) is 20.0. The number of furan rings is 1. The van der Waals surface area contributed by atoms with Crippen LogP contribution in [0.4, 0.5) is 0 Å². The molecule has 0 spiro atoms. The van der Waals surface area contributed by atoms with E-state index in [1.54, 1.807) is 16.6 Å². The van der Waals surface area contributed by atoms with Crippen LogP contribution < -0.4 is 0 Å². The van der Waals surface area contributed by atoms with Crippen LogP contribution in [-0.2, 0) is 10.5 Å². The van der Waals surface area contributed by atoms with Crippen molar-refractivity contribution in [2.75, 3.05) is 7.11 Å². The second-order valence-corrected chi connectivity index (χ2v) is 5.63. The summed E-state index contributed by atoms with van der Waals surface area (Å²) in [7, 11) is 1.32. The van der Waals surface area contributed by atoms with E-state index in [-0.39, 0.29) is 5.76 Å². The Labute approximate surface area is 130 Å². The van der Waals surface area contributed by atoms with E-state index < -0.39 is 5.97 Å². The zero-order valence-corrected chi connectivity index (χ0v) is 13.2. The van der Waals surface area contributed by atoms with Gasteiger partial charge < -0.3 is 9.15 Å². The van der Waals surface area contributed by atoms with Crippen LogP contribution in [0.25, 0.3) is 5.78 Å². The maximum atomic E-state index is 11.3. The summed E-state index contributed by atoms with van der Waals surface area (Å²) in [6.07, 6.45) is 0. The number of aryl methyl sites for hydroxylation is 2. The highest BCUT2D eigenvalue weighted by molar-refractivity contribution is 7.98. The summed E-state index contributed by atoms with van der Waals surface area (Å²) in [6.45, 7) is 3.88. The first kappa shape index (κ1) is 14.6. The van der Waals surface area contributed by atoms with Crippen molar-refractivity contribution in [2.24, 2.45) is 0 Å². The standard InChI is InChI=1S/C14H14N4O3S/c1-8-6-9(2)18-13(15-8)16-14(17-18)22-7-10-4-5-11(21-10)12(19)20-3/h4-6H,7H2,1-3H3. The van der Waals surface area contributed by atoms with Crippen LogP contribution in [-0.4, -0.2) is 32.7 Å². The van der Waals surface area contributed by atoms with E-state index >= 15 is 0 Å². The Morgan fingerprint density at radius 1 is 1.36 bits per heavy atom. The van der Waals surface area contributed by atoms with Crippen molar-refractivity contribution < 1.29 is 13.9 Å². The van der Waals surface area contributed by atoms with Crippen molar-refractivity contribution in [2.45, 2.75) is 24.8 Å². The Morgan fingerprint density at radius 2 is 2.18 bits per heavy atom. The second-order valence-electron chi connectivity index (χ2n) is 4.69. The van der Waals surface area contributed by atoms with E-state index in [0.717, 1.165) is 11.4 Å². The summed E-state index contributed by atoms with van der Waals surface area (Å²) in [5, 5.41) is 5.01. The maximum Gasteiger partial charge on any atom is 0.373 e. The first-order valence-corrected chi connectivity index (χ1v) is 7.56. The minimum Gasteiger partial charge on any atom is -0.463 e. The number of carbonyl (C=O) groups excluding carboxylic acids is 1. The molecule has 3 rings (SSSR count). The third-order valence-electron chi connectivity index (χ3n) is 2.99. The van der Waals surface area contributed by atoms with Gasteiger partial charge in [0.05, 0.1) is 12.9 Å². The summed E-state index contributed by atoms with van der Waals surface area (Å²) in [5.41, 5.74) is 1.88. The van der Waals surface area contributed by atoms with Gasteiger partial charge in [-0.2, -0.15) is 4.98 Å². The Hall–Kier alpha value is -2.35. The van der Waals surface area contributed by atoms with Gasteiger partial charge in [0.25, 0.3) is 5.78 Å². The van der Waals surface area contributed by atoms with E-state index in [4.69, 9.17) is 4.42 Å². The van der Waals surface area contributed by atoms with Crippen molar-refractivity contribution in [3.8, 4) is 0 Å². The Morgan fingerprint density at radius 3 is 2.95 bits per heavy atom. The third-order valence-corrected chi connectivity index (χ3v) is 3.85. The molecule has 0 aliphatic carbocycles. The molecule has 3 aromatic rings. The van der Waals surface area contributed by atoms with Crippen LogP contribution in [0.15, 0.2) is 27.8 Å². The number of ether oxygens (including phenoxy) is 1. The lowest BCUT2D eigenvalue weighted by Crippen LogP contribution is -1.98. The minimum absolute atomic E-state index is 0.189. The van der Waals surface area contributed by atoms with Gasteiger partial charge in [-0.25, -0.2) is 14.3 Å². The molecule has 3 aromatic heterocycles. The molecule has 0 aliphatic heterocycles. The molecule has 114 valence electrons. The molecule has 0 amide bonds. The van der Waals surface area contributed by atoms with Gasteiger partial charge in [-0.3, -0.25) is 0 Å². The second kappa shape index (κ2) is 5.80. The average molecular weight is 318 g/mol. The highest BCUT2D eigenvalue weighted by Gasteiger charge is 2.13. The summed E-state index contributed by atoms with van der Waals surface area (Å²) >= 11 is 1.42. The van der Waals surface area contributed by atoms with Gasteiger partial charge >= 0.3 is 5.97 Å². The number of nitrogens with zero attached hydrogens (tertiary/aromatic N) is 4. The molecule has 0 saturated heterocycles. The predicted octanol–water partition coefficient (Wildman–Crippen LogP) is 2.41. The topological polar surface area (TPSA) is 82.5 Å². The lowest BCUT2D eigenvalue weighted by molar-refractivity contribution is 0.0563. The van der Waals surface area contributed by atoms with Gasteiger partial charge in [-0.05, 0) is 32.0 Å². The fraction of sp³-hybridized carbons (Fsp3) is 0.286. The zero-order valence-electron chi connectivity index (χ0n) is 12.4. The predicted molar refractivity (Wildman–Crippen MR) is 79.9 cm³/mol. The molecule has 8 heteroatoms. The van der Waals surface area contributed by atoms with Gasteiger partial charge in [0, 0.05) is 11.4 Å². The molecule has 0 bridgehead atoms. The summed E-state index contributed by atoms with van der Waals surface area (Å²) in [5.74, 6) is 1.46. The summed E-state index contributed by atoms with van der Waals surface area (Å²) < 4.78 is 11.7. The number of carbonyl (C=O) groups is 1. The van der Waals surface area contributed by atoms with Gasteiger partial charge in [0.1, 0.15) is 5.76 Å². The quantitative estimate of drug-likeness (QED) is 0.539. The van der Waals surface area contributed by atoms with Crippen LogP contribution in [0.1, 0.15) is 27.7 Å².